The van der Waals surface area contributed by atoms with Crippen molar-refractivity contribution in [1.29, 1.82) is 0 Å². The molecule has 1 aromatic rings. The summed E-state index contributed by atoms with van der Waals surface area (Å²) in [5.41, 5.74) is 1.76. The zero-order valence-corrected chi connectivity index (χ0v) is 7.80. The highest BCUT2D eigenvalue weighted by Crippen LogP contribution is 2.26. The van der Waals surface area contributed by atoms with Crippen LogP contribution in [0.2, 0.25) is 0 Å². The van der Waals surface area contributed by atoms with Gasteiger partial charge in [-0.2, -0.15) is 0 Å². The Bertz CT molecular complexity index is 384. The van der Waals surface area contributed by atoms with Crippen molar-refractivity contribution in [2.45, 2.75) is 0 Å². The van der Waals surface area contributed by atoms with E-state index in [0.29, 0.717) is 0 Å². The number of hydrazine groups is 1. The van der Waals surface area contributed by atoms with Gasteiger partial charge in [-0.15, -0.1) is 0 Å². The van der Waals surface area contributed by atoms with E-state index < -0.39 is 17.7 Å². The first-order valence-electron chi connectivity index (χ1n) is 3.89. The first-order chi connectivity index (χ1) is 7.08. The molecular formula is C8H9F2N3O2. The van der Waals surface area contributed by atoms with Crippen molar-refractivity contribution in [2.75, 3.05) is 12.4 Å². The summed E-state index contributed by atoms with van der Waals surface area (Å²) < 4.78 is 30.3. The van der Waals surface area contributed by atoms with Crippen molar-refractivity contribution in [3.63, 3.8) is 0 Å². The molecular weight excluding hydrogens is 208 g/mol. The maximum absolute atomic E-state index is 12.8. The van der Waals surface area contributed by atoms with Gasteiger partial charge in [0.1, 0.15) is 5.75 Å². The summed E-state index contributed by atoms with van der Waals surface area (Å²) >= 11 is 0. The van der Waals surface area contributed by atoms with Crippen LogP contribution in [0.25, 0.3) is 0 Å². The Balaban J connectivity index is 3.05. The van der Waals surface area contributed by atoms with Crippen molar-refractivity contribution in [2.24, 2.45) is 5.84 Å². The summed E-state index contributed by atoms with van der Waals surface area (Å²) in [6, 6.07) is 0.851. The molecule has 1 aromatic carbocycles. The number of nitrogens with one attached hydrogen (secondary N) is 2. The molecule has 0 aromatic heterocycles. The second-order valence-corrected chi connectivity index (χ2v) is 2.57. The maximum Gasteiger partial charge on any atom is 0.333 e. The van der Waals surface area contributed by atoms with E-state index in [2.05, 4.69) is 5.32 Å². The number of ether oxygens (including phenoxy) is 1. The lowest BCUT2D eigenvalue weighted by atomic mass is 10.2. The van der Waals surface area contributed by atoms with Crippen LogP contribution >= 0.6 is 0 Å². The number of benzene rings is 1. The highest BCUT2D eigenvalue weighted by molar-refractivity contribution is 5.90. The van der Waals surface area contributed by atoms with Crippen LogP contribution in [0.4, 0.5) is 19.3 Å². The molecule has 0 fully saturated rings. The summed E-state index contributed by atoms with van der Waals surface area (Å²) in [4.78, 5) is 10.8. The number of carbonyl (C=O) groups excluding carboxylic acids is 1. The Labute approximate surface area is 84.2 Å². The van der Waals surface area contributed by atoms with Gasteiger partial charge in [0, 0.05) is 12.1 Å². The quantitative estimate of drug-likeness (QED) is 0.392. The summed E-state index contributed by atoms with van der Waals surface area (Å²) in [6.07, 6.45) is 0. The number of nitrogens with two attached hydrogens (primary N) is 1. The van der Waals surface area contributed by atoms with Crippen LogP contribution in [0.15, 0.2) is 12.1 Å². The third kappa shape index (κ3) is 2.53. The summed E-state index contributed by atoms with van der Waals surface area (Å²) in [7, 11) is 1.26. The number of hydrogen-bond acceptors (Lipinski definition) is 3. The van der Waals surface area contributed by atoms with Crippen LogP contribution in [0.1, 0.15) is 0 Å². The van der Waals surface area contributed by atoms with E-state index in [1.54, 1.807) is 5.43 Å². The molecule has 2 amide bonds. The standard InChI is InChI=1S/C8H9F2N3O2/c1-15-7-3-5(10)4(9)2-6(7)12-8(14)13-11/h2-3H,11H2,1H3,(H2,12,13,14). The first-order valence-corrected chi connectivity index (χ1v) is 3.89. The second kappa shape index (κ2) is 4.56. The zero-order chi connectivity index (χ0) is 11.4. The highest BCUT2D eigenvalue weighted by atomic mass is 19.2. The van der Waals surface area contributed by atoms with E-state index in [4.69, 9.17) is 10.6 Å². The predicted octanol–water partition coefficient (Wildman–Crippen LogP) is 0.969. The molecule has 0 unspecified atom stereocenters. The topological polar surface area (TPSA) is 76.4 Å². The Kier molecular flexibility index (Phi) is 3.40. The average molecular weight is 217 g/mol. The zero-order valence-electron chi connectivity index (χ0n) is 7.80. The summed E-state index contributed by atoms with van der Waals surface area (Å²) in [5, 5.41) is 2.17. The second-order valence-electron chi connectivity index (χ2n) is 2.57. The van der Waals surface area contributed by atoms with Crippen LogP contribution in [0.3, 0.4) is 0 Å². The largest absolute Gasteiger partial charge is 0.494 e. The van der Waals surface area contributed by atoms with Crippen LogP contribution in [0.5, 0.6) is 5.75 Å². The molecule has 0 spiro atoms. The molecule has 7 heteroatoms. The lowest BCUT2D eigenvalue weighted by Crippen LogP contribution is -2.34. The number of carbonyl (C=O) groups is 1. The van der Waals surface area contributed by atoms with Crippen LogP contribution in [-0.2, 0) is 0 Å². The van der Waals surface area contributed by atoms with Gasteiger partial charge in [0.25, 0.3) is 0 Å². The van der Waals surface area contributed by atoms with E-state index in [1.165, 1.54) is 7.11 Å². The molecule has 0 saturated heterocycles. The van der Waals surface area contributed by atoms with Gasteiger partial charge in [-0.25, -0.2) is 19.4 Å². The van der Waals surface area contributed by atoms with Crippen LogP contribution in [-0.4, -0.2) is 13.1 Å². The van der Waals surface area contributed by atoms with E-state index in [1.807, 2.05) is 0 Å². The Morgan fingerprint density at radius 1 is 1.40 bits per heavy atom. The number of urea groups is 1. The Hall–Kier alpha value is -1.89. The first kappa shape index (κ1) is 11.2. The smallest absolute Gasteiger partial charge is 0.333 e. The van der Waals surface area contributed by atoms with E-state index >= 15 is 0 Å². The maximum atomic E-state index is 12.8. The van der Waals surface area contributed by atoms with Crippen molar-refractivity contribution in [3.8, 4) is 5.75 Å². The van der Waals surface area contributed by atoms with E-state index in [-0.39, 0.29) is 11.4 Å². The SMILES string of the molecule is COc1cc(F)c(F)cc1NC(=O)NN. The number of amides is 2. The highest BCUT2D eigenvalue weighted by Gasteiger charge is 2.11. The van der Waals surface area contributed by atoms with Crippen molar-refractivity contribution < 1.29 is 18.3 Å². The molecule has 82 valence electrons. The molecule has 1 rings (SSSR count). The predicted molar refractivity (Wildman–Crippen MR) is 49.3 cm³/mol. The van der Waals surface area contributed by atoms with Gasteiger partial charge >= 0.3 is 6.03 Å². The third-order valence-corrected chi connectivity index (χ3v) is 1.62. The molecule has 0 saturated carbocycles. The average Bonchev–Trinajstić information content (AvgIpc) is 2.22. The fraction of sp³-hybridized carbons (Fsp3) is 0.125. The van der Waals surface area contributed by atoms with E-state index in [0.717, 1.165) is 12.1 Å². The molecule has 0 aliphatic rings. The summed E-state index contributed by atoms with van der Waals surface area (Å²) in [5.74, 6) is 2.65. The molecule has 4 N–H and O–H groups in total. The van der Waals surface area contributed by atoms with Gasteiger partial charge < -0.3 is 10.1 Å². The minimum Gasteiger partial charge on any atom is -0.494 e. The van der Waals surface area contributed by atoms with Crippen LogP contribution in [0, 0.1) is 11.6 Å². The molecule has 0 heterocycles. The lowest BCUT2D eigenvalue weighted by molar-refractivity contribution is 0.252. The Morgan fingerprint density at radius 2 is 2.00 bits per heavy atom. The van der Waals surface area contributed by atoms with Crippen molar-refractivity contribution in [3.05, 3.63) is 23.8 Å². The van der Waals surface area contributed by atoms with Crippen LogP contribution < -0.4 is 21.3 Å². The Morgan fingerprint density at radius 3 is 2.53 bits per heavy atom. The van der Waals surface area contributed by atoms with Gasteiger partial charge in [-0.3, -0.25) is 5.43 Å². The van der Waals surface area contributed by atoms with Gasteiger partial charge in [0.2, 0.25) is 0 Å². The monoisotopic (exact) mass is 217 g/mol. The molecule has 0 radical (unpaired) electrons. The lowest BCUT2D eigenvalue weighted by Gasteiger charge is -2.09. The third-order valence-electron chi connectivity index (χ3n) is 1.62. The minimum atomic E-state index is -1.09. The minimum absolute atomic E-state index is 0.00231. The van der Waals surface area contributed by atoms with Crippen molar-refractivity contribution >= 4 is 11.7 Å². The van der Waals surface area contributed by atoms with Gasteiger partial charge in [0.05, 0.1) is 12.8 Å². The normalized spacial score (nSPS) is 9.60. The number of methoxy groups -OCH3 is 1. The molecule has 0 aliphatic carbocycles. The number of halogens is 2. The molecule has 0 atom stereocenters. The summed E-state index contributed by atoms with van der Waals surface area (Å²) in [6.45, 7) is 0. The number of anilines is 1. The van der Waals surface area contributed by atoms with Crippen molar-refractivity contribution in [1.82, 2.24) is 5.43 Å². The molecule has 15 heavy (non-hydrogen) atoms. The fourth-order valence-corrected chi connectivity index (χ4v) is 0.954. The molecule has 0 aliphatic heterocycles. The fourth-order valence-electron chi connectivity index (χ4n) is 0.954. The van der Waals surface area contributed by atoms with E-state index in [9.17, 15) is 13.6 Å². The molecule has 0 bridgehead atoms. The molecule has 5 nitrogen and oxygen atoms in total. The number of rotatable bonds is 2. The van der Waals surface area contributed by atoms with Gasteiger partial charge in [-0.1, -0.05) is 0 Å². The number of hydrogen-bond donors (Lipinski definition) is 3. The van der Waals surface area contributed by atoms with Gasteiger partial charge in [0.15, 0.2) is 11.6 Å². The van der Waals surface area contributed by atoms with Gasteiger partial charge in [-0.05, 0) is 0 Å².